The molecule has 0 unspecified atom stereocenters. The molecular weight excluding hydrogens is 587 g/mol. The van der Waals surface area contributed by atoms with Crippen molar-refractivity contribution in [2.45, 2.75) is 79.2 Å². The molecule has 2 aromatic carbocycles. The van der Waals surface area contributed by atoms with E-state index in [1.54, 1.807) is 18.2 Å². The Labute approximate surface area is 220 Å². The second-order valence-electron chi connectivity index (χ2n) is 9.66. The monoisotopic (exact) mass is 612 g/mol. The lowest BCUT2D eigenvalue weighted by molar-refractivity contribution is -0.382. The summed E-state index contributed by atoms with van der Waals surface area (Å²) in [5, 5.41) is -5.75. The van der Waals surface area contributed by atoms with Crippen molar-refractivity contribution in [3.05, 3.63) is 36.4 Å². The number of rotatable bonds is 8. The third kappa shape index (κ3) is 5.30. The number of halogens is 9. The van der Waals surface area contributed by atoms with Gasteiger partial charge in [-0.15, -0.1) is 0 Å². The maximum atomic E-state index is 14.4. The first-order valence-corrected chi connectivity index (χ1v) is 15.4. The summed E-state index contributed by atoms with van der Waals surface area (Å²) in [5.74, 6) is -14.5. The highest BCUT2D eigenvalue weighted by molar-refractivity contribution is 8.33. The molecule has 0 radical (unpaired) electrons. The minimum absolute atomic E-state index is 0.0544. The molecule has 1 heterocycles. The average Bonchev–Trinajstić information content (AvgIpc) is 3.32. The van der Waals surface area contributed by atoms with Crippen LogP contribution in [-0.2, 0) is 13.7 Å². The summed E-state index contributed by atoms with van der Waals surface area (Å²) < 4.78 is 156. The van der Waals surface area contributed by atoms with Gasteiger partial charge in [-0.05, 0) is 73.6 Å². The smallest absolute Gasteiger partial charge is 0.460 e. The van der Waals surface area contributed by atoms with Crippen LogP contribution >= 0.6 is 10.3 Å². The Morgan fingerprint density at radius 2 is 1.28 bits per heavy atom. The maximum Gasteiger partial charge on any atom is 0.460 e. The van der Waals surface area contributed by atoms with Crippen LogP contribution in [0.1, 0.15) is 44.9 Å². The molecule has 1 aliphatic carbocycles. The molecule has 0 N–H and O–H groups in total. The van der Waals surface area contributed by atoms with Gasteiger partial charge in [0.2, 0.25) is 0 Å². The SMILES string of the molecule is O=S(=O)(OS1(c2ccc3cc(OC4CCCCC4)ccc3c2)CCCC1)C(F)(F)C(F)(F)C(F)(F)C(F)(F)F. The molecule has 2 aromatic rings. The van der Waals surface area contributed by atoms with E-state index in [1.807, 2.05) is 0 Å². The van der Waals surface area contributed by atoms with Gasteiger partial charge in [0, 0.05) is 16.4 Å². The van der Waals surface area contributed by atoms with Crippen molar-refractivity contribution in [3.63, 3.8) is 0 Å². The van der Waals surface area contributed by atoms with Gasteiger partial charge in [0.05, 0.1) is 6.10 Å². The Bertz CT molecular complexity index is 1300. The summed E-state index contributed by atoms with van der Waals surface area (Å²) in [6.07, 6.45) is -1.56. The normalized spacial score (nSPS) is 20.7. The van der Waals surface area contributed by atoms with E-state index in [0.29, 0.717) is 16.5 Å². The average molecular weight is 613 g/mol. The van der Waals surface area contributed by atoms with E-state index in [0.717, 1.165) is 32.1 Å². The van der Waals surface area contributed by atoms with Crippen LogP contribution in [0.3, 0.4) is 0 Å². The Balaban J connectivity index is 1.65. The van der Waals surface area contributed by atoms with Gasteiger partial charge in [0.1, 0.15) is 5.75 Å². The van der Waals surface area contributed by atoms with Gasteiger partial charge in [0.15, 0.2) is 0 Å². The van der Waals surface area contributed by atoms with Crippen LogP contribution in [0.15, 0.2) is 41.3 Å². The van der Waals surface area contributed by atoms with E-state index >= 15 is 0 Å². The first-order valence-electron chi connectivity index (χ1n) is 12.1. The Morgan fingerprint density at radius 1 is 0.718 bits per heavy atom. The quantitative estimate of drug-likeness (QED) is 0.282. The summed E-state index contributed by atoms with van der Waals surface area (Å²) in [5.41, 5.74) is 0. The fraction of sp³-hybridized carbons (Fsp3) is 0.583. The third-order valence-corrected chi connectivity index (χ3v) is 12.6. The molecule has 0 amide bonds. The first-order chi connectivity index (χ1) is 17.9. The molecule has 220 valence electrons. The number of hydrogen-bond donors (Lipinski definition) is 0. The molecule has 4 rings (SSSR count). The van der Waals surface area contributed by atoms with Crippen molar-refractivity contribution in [2.24, 2.45) is 0 Å². The second-order valence-corrected chi connectivity index (χ2v) is 14.5. The van der Waals surface area contributed by atoms with Gasteiger partial charge in [-0.3, -0.25) is 0 Å². The molecule has 2 aliphatic rings. The molecule has 1 saturated heterocycles. The van der Waals surface area contributed by atoms with Gasteiger partial charge in [-0.25, -0.2) is 3.63 Å². The first kappa shape index (κ1) is 30.1. The van der Waals surface area contributed by atoms with Crippen molar-refractivity contribution >= 4 is 31.2 Å². The molecule has 15 heteroatoms. The molecule has 4 nitrogen and oxygen atoms in total. The number of alkyl halides is 9. The number of benzene rings is 2. The van der Waals surface area contributed by atoms with Crippen LogP contribution in [0.2, 0.25) is 0 Å². The van der Waals surface area contributed by atoms with Crippen LogP contribution in [0.25, 0.3) is 10.8 Å². The topological polar surface area (TPSA) is 52.6 Å². The van der Waals surface area contributed by atoms with Crippen LogP contribution < -0.4 is 4.74 Å². The molecule has 0 atom stereocenters. The zero-order chi connectivity index (χ0) is 28.9. The minimum Gasteiger partial charge on any atom is -0.490 e. The zero-order valence-corrected chi connectivity index (χ0v) is 21.9. The highest BCUT2D eigenvalue weighted by Crippen LogP contribution is 2.65. The van der Waals surface area contributed by atoms with Gasteiger partial charge in [-0.2, -0.15) is 47.9 Å². The summed E-state index contributed by atoms with van der Waals surface area (Å²) >= 11 is 0. The maximum absolute atomic E-state index is 14.4. The lowest BCUT2D eigenvalue weighted by atomic mass is 9.98. The molecule has 0 bridgehead atoms. The van der Waals surface area contributed by atoms with Crippen LogP contribution in [-0.4, -0.2) is 49.3 Å². The fourth-order valence-electron chi connectivity index (χ4n) is 4.73. The van der Waals surface area contributed by atoms with E-state index in [2.05, 4.69) is 3.63 Å². The minimum atomic E-state index is -7.35. The van der Waals surface area contributed by atoms with Crippen molar-refractivity contribution in [3.8, 4) is 5.75 Å². The number of hydrogen-bond acceptors (Lipinski definition) is 4. The molecule has 0 spiro atoms. The molecule has 1 saturated carbocycles. The van der Waals surface area contributed by atoms with E-state index in [1.165, 1.54) is 18.2 Å². The van der Waals surface area contributed by atoms with E-state index in [4.69, 9.17) is 4.74 Å². The molecule has 1 aliphatic heterocycles. The van der Waals surface area contributed by atoms with E-state index in [-0.39, 0.29) is 35.3 Å². The largest absolute Gasteiger partial charge is 0.490 e. The lowest BCUT2D eigenvalue weighted by Crippen LogP contribution is -2.63. The zero-order valence-electron chi connectivity index (χ0n) is 20.3. The van der Waals surface area contributed by atoms with Crippen LogP contribution in [0, 0.1) is 0 Å². The summed E-state index contributed by atoms with van der Waals surface area (Å²) in [6, 6.07) is 9.28. The predicted molar refractivity (Wildman–Crippen MR) is 127 cm³/mol. The third-order valence-electron chi connectivity index (χ3n) is 6.92. The van der Waals surface area contributed by atoms with Crippen LogP contribution in [0.4, 0.5) is 39.5 Å². The van der Waals surface area contributed by atoms with E-state index in [9.17, 15) is 47.9 Å². The summed E-state index contributed by atoms with van der Waals surface area (Å²) in [6.45, 7) is 0. The predicted octanol–water partition coefficient (Wildman–Crippen LogP) is 8.20. The van der Waals surface area contributed by atoms with Gasteiger partial charge >= 0.3 is 33.4 Å². The molecule has 0 aromatic heterocycles. The van der Waals surface area contributed by atoms with Crippen molar-refractivity contribution < 1.29 is 56.3 Å². The lowest BCUT2D eigenvalue weighted by Gasteiger charge is -2.38. The Kier molecular flexibility index (Phi) is 7.87. The van der Waals surface area contributed by atoms with E-state index < -0.39 is 43.7 Å². The standard InChI is InChI=1S/C24H25F9O4S2/c25-21(26,23(29,30)31)22(27,28)24(32,33)39(34,35)37-38(12-4-5-13-38)20-11-9-16-14-19(10-8-17(16)15-20)36-18-6-2-1-3-7-18/h8-11,14-15,18H,1-7,12-13H2. The molecule has 2 fully saturated rings. The Morgan fingerprint density at radius 3 is 1.87 bits per heavy atom. The van der Waals surface area contributed by atoms with Gasteiger partial charge in [0.25, 0.3) is 0 Å². The number of ether oxygens (including phenoxy) is 1. The van der Waals surface area contributed by atoms with Crippen molar-refractivity contribution in [1.29, 1.82) is 0 Å². The van der Waals surface area contributed by atoms with Gasteiger partial charge in [-0.1, -0.05) is 28.9 Å². The molecule has 39 heavy (non-hydrogen) atoms. The van der Waals surface area contributed by atoms with Gasteiger partial charge < -0.3 is 4.74 Å². The number of fused-ring (bicyclic) bond motifs is 1. The summed E-state index contributed by atoms with van der Waals surface area (Å²) in [7, 11) is -10.3. The highest BCUT2D eigenvalue weighted by atomic mass is 32.3. The second kappa shape index (κ2) is 10.2. The molecular formula is C24H25F9O4S2. The summed E-state index contributed by atoms with van der Waals surface area (Å²) in [4.78, 5) is 0.0544. The van der Waals surface area contributed by atoms with Crippen molar-refractivity contribution in [2.75, 3.05) is 11.5 Å². The van der Waals surface area contributed by atoms with Crippen LogP contribution in [0.5, 0.6) is 5.75 Å². The van der Waals surface area contributed by atoms with Crippen molar-refractivity contribution in [1.82, 2.24) is 0 Å². The highest BCUT2D eigenvalue weighted by Gasteiger charge is 2.86. The Hall–Kier alpha value is -1.87. The fourth-order valence-corrected chi connectivity index (χ4v) is 10.4.